The summed E-state index contributed by atoms with van der Waals surface area (Å²) < 4.78 is 2.27. The smallest absolute Gasteiger partial charge is 0.160 e. The van der Waals surface area contributed by atoms with Crippen LogP contribution in [-0.4, -0.2) is 20.4 Å². The first kappa shape index (κ1) is 16.3. The van der Waals surface area contributed by atoms with Crippen LogP contribution in [0.2, 0.25) is 0 Å². The predicted octanol–water partition coefficient (Wildman–Crippen LogP) is 4.88. The van der Waals surface area contributed by atoms with Crippen molar-refractivity contribution in [2.24, 2.45) is 0 Å². The van der Waals surface area contributed by atoms with Crippen molar-refractivity contribution >= 4 is 22.8 Å². The van der Waals surface area contributed by atoms with Crippen molar-refractivity contribution in [1.29, 1.82) is 0 Å². The van der Waals surface area contributed by atoms with E-state index in [-0.39, 0.29) is 0 Å². The Bertz CT molecular complexity index is 562. The largest absolute Gasteiger partial charge is 0.313 e. The van der Waals surface area contributed by atoms with Crippen LogP contribution in [0.15, 0.2) is 12.3 Å². The molecule has 0 radical (unpaired) electrons. The van der Waals surface area contributed by atoms with Gasteiger partial charge in [-0.15, -0.1) is 11.6 Å². The number of rotatable bonds is 9. The topological polar surface area (TPSA) is 30.7 Å². The summed E-state index contributed by atoms with van der Waals surface area (Å²) in [6, 6.07) is 2.02. The van der Waals surface area contributed by atoms with Gasteiger partial charge in [0, 0.05) is 25.0 Å². The highest BCUT2D eigenvalue weighted by Gasteiger charge is 2.12. The molecule has 0 bridgehead atoms. The molecule has 116 valence electrons. The van der Waals surface area contributed by atoms with Crippen molar-refractivity contribution in [3.63, 3.8) is 0 Å². The van der Waals surface area contributed by atoms with Crippen LogP contribution in [0, 0.1) is 6.92 Å². The van der Waals surface area contributed by atoms with Gasteiger partial charge >= 0.3 is 0 Å². The van der Waals surface area contributed by atoms with Crippen molar-refractivity contribution in [3.05, 3.63) is 23.7 Å². The highest BCUT2D eigenvalue weighted by Crippen LogP contribution is 2.19. The lowest BCUT2D eigenvalue weighted by molar-refractivity contribution is 0.553. The van der Waals surface area contributed by atoms with Gasteiger partial charge in [0.1, 0.15) is 11.3 Å². The third kappa shape index (κ3) is 4.19. The average Bonchev–Trinajstić information content (AvgIpc) is 2.83. The fraction of sp³-hybridized carbons (Fsp3) is 0.647. The van der Waals surface area contributed by atoms with E-state index >= 15 is 0 Å². The third-order valence-electron chi connectivity index (χ3n) is 3.97. The molecule has 0 aliphatic heterocycles. The molecule has 0 spiro atoms. The van der Waals surface area contributed by atoms with Gasteiger partial charge in [0.25, 0.3) is 0 Å². The Kier molecular flexibility index (Phi) is 6.50. The lowest BCUT2D eigenvalue weighted by Gasteiger charge is -2.08. The van der Waals surface area contributed by atoms with E-state index in [1.165, 1.54) is 44.1 Å². The number of fused-ring (bicyclic) bond motifs is 1. The molecule has 0 aliphatic carbocycles. The van der Waals surface area contributed by atoms with Crippen LogP contribution in [0.3, 0.4) is 0 Å². The number of aryl methyl sites for hydroxylation is 3. The monoisotopic (exact) mass is 307 g/mol. The number of imidazole rings is 1. The third-order valence-corrected chi connectivity index (χ3v) is 4.16. The molecule has 0 fully saturated rings. The highest BCUT2D eigenvalue weighted by atomic mass is 35.5. The number of pyridine rings is 1. The number of hydrogen-bond acceptors (Lipinski definition) is 2. The summed E-state index contributed by atoms with van der Waals surface area (Å²) in [4.78, 5) is 9.28. The normalized spacial score (nSPS) is 11.4. The first-order valence-electron chi connectivity index (χ1n) is 8.14. The maximum absolute atomic E-state index is 5.92. The van der Waals surface area contributed by atoms with E-state index < -0.39 is 0 Å². The van der Waals surface area contributed by atoms with E-state index in [0.29, 0.717) is 5.88 Å². The lowest BCUT2D eigenvalue weighted by atomic mass is 10.1. The van der Waals surface area contributed by atoms with E-state index in [4.69, 9.17) is 16.6 Å². The van der Waals surface area contributed by atoms with Crippen LogP contribution in [-0.2, 0) is 13.0 Å². The Morgan fingerprint density at radius 2 is 1.90 bits per heavy atom. The second-order valence-corrected chi connectivity index (χ2v) is 6.06. The molecule has 3 nitrogen and oxygen atoms in total. The van der Waals surface area contributed by atoms with Gasteiger partial charge in [-0.3, -0.25) is 0 Å². The fourth-order valence-corrected chi connectivity index (χ4v) is 2.91. The van der Waals surface area contributed by atoms with Crippen LogP contribution >= 0.6 is 11.6 Å². The summed E-state index contributed by atoms with van der Waals surface area (Å²) in [7, 11) is 0. The molecule has 0 aromatic carbocycles. The molecule has 2 aromatic rings. The van der Waals surface area contributed by atoms with Gasteiger partial charge in [-0.05, 0) is 25.0 Å². The molecule has 0 saturated carbocycles. The Hall–Kier alpha value is -1.09. The summed E-state index contributed by atoms with van der Waals surface area (Å²) >= 11 is 5.92. The van der Waals surface area contributed by atoms with E-state index in [1.807, 2.05) is 12.3 Å². The molecule has 2 aromatic heterocycles. The first-order valence-corrected chi connectivity index (χ1v) is 8.68. The molecule has 0 atom stereocenters. The zero-order valence-electron chi connectivity index (χ0n) is 13.2. The molecule has 21 heavy (non-hydrogen) atoms. The molecule has 2 heterocycles. The van der Waals surface area contributed by atoms with Crippen LogP contribution < -0.4 is 0 Å². The quantitative estimate of drug-likeness (QED) is 0.488. The van der Waals surface area contributed by atoms with Crippen molar-refractivity contribution in [2.75, 3.05) is 5.88 Å². The van der Waals surface area contributed by atoms with Crippen molar-refractivity contribution in [3.8, 4) is 0 Å². The minimum atomic E-state index is 0.610. The molecule has 4 heteroatoms. The summed E-state index contributed by atoms with van der Waals surface area (Å²) in [6.07, 6.45) is 10.5. The molecular formula is C17H26ClN3. The van der Waals surface area contributed by atoms with Gasteiger partial charge in [0.05, 0.1) is 0 Å². The number of aromatic nitrogens is 3. The molecule has 0 unspecified atom stereocenters. The molecule has 0 aliphatic rings. The van der Waals surface area contributed by atoms with Gasteiger partial charge in [-0.1, -0.05) is 39.0 Å². The molecule has 0 amide bonds. The molecule has 0 saturated heterocycles. The minimum Gasteiger partial charge on any atom is -0.313 e. The zero-order valence-corrected chi connectivity index (χ0v) is 14.0. The zero-order chi connectivity index (χ0) is 15.1. The average molecular weight is 308 g/mol. The fourth-order valence-electron chi connectivity index (χ4n) is 2.74. The van der Waals surface area contributed by atoms with Crippen molar-refractivity contribution in [1.82, 2.24) is 14.5 Å². The number of hydrogen-bond donors (Lipinski definition) is 0. The predicted molar refractivity (Wildman–Crippen MR) is 90.1 cm³/mol. The van der Waals surface area contributed by atoms with E-state index in [0.717, 1.165) is 30.0 Å². The molecule has 0 N–H and O–H groups in total. The summed E-state index contributed by atoms with van der Waals surface area (Å²) in [6.45, 7) is 5.35. The van der Waals surface area contributed by atoms with Gasteiger partial charge in [-0.25, -0.2) is 9.97 Å². The Morgan fingerprint density at radius 3 is 2.67 bits per heavy atom. The summed E-state index contributed by atoms with van der Waals surface area (Å²) in [5.41, 5.74) is 3.24. The molecule has 2 rings (SSSR count). The summed E-state index contributed by atoms with van der Waals surface area (Å²) in [5, 5.41) is 0. The van der Waals surface area contributed by atoms with E-state index in [1.54, 1.807) is 0 Å². The van der Waals surface area contributed by atoms with Gasteiger partial charge < -0.3 is 4.57 Å². The Labute approximate surface area is 132 Å². The summed E-state index contributed by atoms with van der Waals surface area (Å²) in [5.74, 6) is 1.69. The van der Waals surface area contributed by atoms with Gasteiger partial charge in [0.15, 0.2) is 5.65 Å². The van der Waals surface area contributed by atoms with Crippen LogP contribution in [0.5, 0.6) is 0 Å². The number of unbranched alkanes of at least 4 members (excludes halogenated alkanes) is 5. The van der Waals surface area contributed by atoms with Crippen LogP contribution in [0.25, 0.3) is 11.2 Å². The van der Waals surface area contributed by atoms with Gasteiger partial charge in [0.2, 0.25) is 0 Å². The standard InChI is InChI=1S/C17H26ClN3/c1-3-4-5-6-7-8-13-21-15(9-11-18)20-16-14(2)10-12-19-17(16)21/h10,12H,3-9,11,13H2,1-2H3. The van der Waals surface area contributed by atoms with E-state index in [9.17, 15) is 0 Å². The van der Waals surface area contributed by atoms with Crippen molar-refractivity contribution in [2.45, 2.75) is 65.3 Å². The maximum atomic E-state index is 5.92. The maximum Gasteiger partial charge on any atom is 0.160 e. The van der Waals surface area contributed by atoms with Crippen molar-refractivity contribution < 1.29 is 0 Å². The van der Waals surface area contributed by atoms with Crippen LogP contribution in [0.4, 0.5) is 0 Å². The number of alkyl halides is 1. The minimum absolute atomic E-state index is 0.610. The number of halogens is 1. The van der Waals surface area contributed by atoms with Crippen LogP contribution in [0.1, 0.15) is 56.8 Å². The highest BCUT2D eigenvalue weighted by molar-refractivity contribution is 6.17. The first-order chi connectivity index (χ1) is 10.3. The lowest BCUT2D eigenvalue weighted by Crippen LogP contribution is -2.05. The number of nitrogens with zero attached hydrogens (tertiary/aromatic N) is 3. The second kappa shape index (κ2) is 8.38. The Morgan fingerprint density at radius 1 is 1.14 bits per heavy atom. The molecular weight excluding hydrogens is 282 g/mol. The SMILES string of the molecule is CCCCCCCCn1c(CCCl)nc2c(C)ccnc21. The Balaban J connectivity index is 2.06. The van der Waals surface area contributed by atoms with E-state index in [2.05, 4.69) is 23.4 Å². The van der Waals surface area contributed by atoms with Gasteiger partial charge in [-0.2, -0.15) is 0 Å². The second-order valence-electron chi connectivity index (χ2n) is 5.69.